The summed E-state index contributed by atoms with van der Waals surface area (Å²) in [5, 5.41) is 13.7. The Morgan fingerprint density at radius 1 is 1.39 bits per heavy atom. The van der Waals surface area contributed by atoms with Gasteiger partial charge in [-0.1, -0.05) is 35.4 Å². The summed E-state index contributed by atoms with van der Waals surface area (Å²) in [6, 6.07) is 8.65. The molecule has 0 amide bonds. The van der Waals surface area contributed by atoms with Crippen LogP contribution in [0, 0.1) is 0 Å². The highest BCUT2D eigenvalue weighted by Crippen LogP contribution is 2.28. The van der Waals surface area contributed by atoms with Gasteiger partial charge in [-0.25, -0.2) is 0 Å². The summed E-state index contributed by atoms with van der Waals surface area (Å²) < 4.78 is 16.2. The molecule has 1 saturated heterocycles. The molecule has 8 nitrogen and oxygen atoms in total. The van der Waals surface area contributed by atoms with Crippen molar-refractivity contribution in [2.24, 2.45) is 5.11 Å². The first-order valence-electron chi connectivity index (χ1n) is 7.23. The van der Waals surface area contributed by atoms with Crippen LogP contribution in [0.4, 0.5) is 0 Å². The third-order valence-electron chi connectivity index (χ3n) is 3.55. The molecule has 0 aromatic heterocycles. The van der Waals surface area contributed by atoms with Gasteiger partial charge in [-0.15, -0.1) is 0 Å². The summed E-state index contributed by atoms with van der Waals surface area (Å²) in [7, 11) is 0. The number of hydrogen-bond acceptors (Lipinski definition) is 6. The van der Waals surface area contributed by atoms with Gasteiger partial charge in [-0.3, -0.25) is 4.79 Å². The smallest absolute Gasteiger partial charge is 0.303 e. The van der Waals surface area contributed by atoms with Crippen LogP contribution < -0.4 is 0 Å². The van der Waals surface area contributed by atoms with E-state index in [1.54, 1.807) is 6.92 Å². The second-order valence-electron chi connectivity index (χ2n) is 5.26. The van der Waals surface area contributed by atoms with E-state index in [0.29, 0.717) is 0 Å². The molecule has 1 N–H and O–H groups in total. The van der Waals surface area contributed by atoms with Gasteiger partial charge in [0.1, 0.15) is 6.10 Å². The molecule has 8 heteroatoms. The van der Waals surface area contributed by atoms with Crippen molar-refractivity contribution in [3.8, 4) is 0 Å². The highest BCUT2D eigenvalue weighted by Gasteiger charge is 2.46. The van der Waals surface area contributed by atoms with E-state index in [1.165, 1.54) is 6.92 Å². The molecule has 1 aromatic carbocycles. The lowest BCUT2D eigenvalue weighted by molar-refractivity contribution is -0.266. The number of nitrogens with zero attached hydrogens (tertiary/aromatic N) is 3. The Labute approximate surface area is 133 Å². The van der Waals surface area contributed by atoms with Crippen molar-refractivity contribution < 1.29 is 24.1 Å². The molecule has 5 atom stereocenters. The van der Waals surface area contributed by atoms with Crippen LogP contribution in [-0.4, -0.2) is 41.7 Å². The Balaban J connectivity index is 2.20. The molecule has 0 aliphatic carbocycles. The van der Waals surface area contributed by atoms with Gasteiger partial charge < -0.3 is 19.3 Å². The number of aliphatic hydroxyl groups is 1. The zero-order chi connectivity index (χ0) is 16.8. The Hall–Kier alpha value is -2.12. The molecular formula is C15H19N3O5. The summed E-state index contributed by atoms with van der Waals surface area (Å²) in [4.78, 5) is 14.1. The summed E-state index contributed by atoms with van der Waals surface area (Å²) in [6.07, 6.45) is -3.80. The Bertz CT molecular complexity index is 576. The number of carbonyl (C=O) groups is 1. The minimum Gasteiger partial charge on any atom is -0.454 e. The fraction of sp³-hybridized carbons (Fsp3) is 0.533. The van der Waals surface area contributed by atoms with Crippen molar-refractivity contribution in [1.82, 2.24) is 0 Å². The van der Waals surface area contributed by atoms with E-state index >= 15 is 0 Å². The maximum Gasteiger partial charge on any atom is 0.303 e. The molecule has 0 spiro atoms. The molecule has 1 heterocycles. The molecule has 2 rings (SSSR count). The minimum absolute atomic E-state index is 0.222. The third kappa shape index (κ3) is 4.43. The van der Waals surface area contributed by atoms with Crippen LogP contribution in [-0.2, 0) is 25.6 Å². The van der Waals surface area contributed by atoms with Gasteiger partial charge in [0.25, 0.3) is 0 Å². The van der Waals surface area contributed by atoms with Crippen LogP contribution in [0.25, 0.3) is 10.4 Å². The highest BCUT2D eigenvalue weighted by atomic mass is 16.7. The van der Waals surface area contributed by atoms with Gasteiger partial charge >= 0.3 is 5.97 Å². The Kier molecular flexibility index (Phi) is 5.95. The molecule has 1 aliphatic rings. The quantitative estimate of drug-likeness (QED) is 0.385. The maximum atomic E-state index is 11.3. The first-order valence-corrected chi connectivity index (χ1v) is 7.23. The molecule has 1 aromatic rings. The zero-order valence-corrected chi connectivity index (χ0v) is 12.9. The number of aliphatic hydroxyl groups excluding tert-OH is 1. The summed E-state index contributed by atoms with van der Waals surface area (Å²) >= 11 is 0. The number of rotatable bonds is 5. The average Bonchev–Trinajstić information content (AvgIpc) is 2.52. The predicted octanol–water partition coefficient (Wildman–Crippen LogP) is 1.92. The van der Waals surface area contributed by atoms with Crippen molar-refractivity contribution in [3.63, 3.8) is 0 Å². The van der Waals surface area contributed by atoms with Crippen molar-refractivity contribution in [2.75, 3.05) is 0 Å². The minimum atomic E-state index is -1.35. The van der Waals surface area contributed by atoms with Crippen molar-refractivity contribution in [2.45, 2.75) is 51.1 Å². The summed E-state index contributed by atoms with van der Waals surface area (Å²) in [5.41, 5.74) is 9.66. The third-order valence-corrected chi connectivity index (χ3v) is 3.55. The number of carbonyl (C=O) groups excluding carboxylic acids is 1. The molecule has 23 heavy (non-hydrogen) atoms. The Morgan fingerprint density at radius 2 is 2.09 bits per heavy atom. The van der Waals surface area contributed by atoms with Crippen LogP contribution in [0.5, 0.6) is 0 Å². The highest BCUT2D eigenvalue weighted by molar-refractivity contribution is 5.66. The van der Waals surface area contributed by atoms with Crippen molar-refractivity contribution in [1.29, 1.82) is 0 Å². The first-order chi connectivity index (χ1) is 11.0. The lowest BCUT2D eigenvalue weighted by atomic mass is 9.97. The molecule has 0 saturated carbocycles. The number of esters is 1. The first kappa shape index (κ1) is 17.2. The average molecular weight is 321 g/mol. The predicted molar refractivity (Wildman–Crippen MR) is 80.1 cm³/mol. The number of benzene rings is 1. The lowest BCUT2D eigenvalue weighted by Crippen LogP contribution is -2.58. The molecule has 0 bridgehead atoms. The van der Waals surface area contributed by atoms with Crippen molar-refractivity contribution in [3.05, 3.63) is 46.3 Å². The molecule has 124 valence electrons. The zero-order valence-electron chi connectivity index (χ0n) is 12.9. The standard InChI is InChI=1S/C15H19N3O5/c1-9-12(17-18-16)13(14(15(20)22-9)23-10(2)19)21-8-11-6-4-3-5-7-11/h3-7,9,12-15,20H,8H2,1-2H3/t9-,12-,13+,14-,15?/m1/s1. The van der Waals surface area contributed by atoms with Gasteiger partial charge in [0, 0.05) is 11.8 Å². The van der Waals surface area contributed by atoms with Gasteiger partial charge in [-0.2, -0.15) is 0 Å². The normalized spacial score (nSPS) is 30.3. The van der Waals surface area contributed by atoms with E-state index in [1.807, 2.05) is 30.3 Å². The van der Waals surface area contributed by atoms with Crippen LogP contribution in [0.1, 0.15) is 19.4 Å². The monoisotopic (exact) mass is 321 g/mol. The number of ether oxygens (including phenoxy) is 3. The van der Waals surface area contributed by atoms with E-state index in [-0.39, 0.29) is 6.61 Å². The summed E-state index contributed by atoms with van der Waals surface area (Å²) in [5.74, 6) is -0.583. The Morgan fingerprint density at radius 3 is 2.70 bits per heavy atom. The van der Waals surface area contributed by atoms with Gasteiger partial charge in [0.15, 0.2) is 12.4 Å². The van der Waals surface area contributed by atoms with Gasteiger partial charge in [-0.05, 0) is 18.0 Å². The van der Waals surface area contributed by atoms with E-state index in [4.69, 9.17) is 19.7 Å². The SMILES string of the molecule is CC(=O)O[C@H]1C(O)O[C@H](C)[C@@H](N=[N+]=[N-])[C@@H]1OCc1ccccc1. The number of azide groups is 1. The van der Waals surface area contributed by atoms with E-state index in [0.717, 1.165) is 5.56 Å². The fourth-order valence-electron chi connectivity index (χ4n) is 2.50. The van der Waals surface area contributed by atoms with Crippen LogP contribution in [0.15, 0.2) is 35.4 Å². The summed E-state index contributed by atoms with van der Waals surface area (Å²) in [6.45, 7) is 3.10. The van der Waals surface area contributed by atoms with Crippen LogP contribution in [0.2, 0.25) is 0 Å². The van der Waals surface area contributed by atoms with Crippen molar-refractivity contribution >= 4 is 5.97 Å². The molecular weight excluding hydrogens is 302 g/mol. The van der Waals surface area contributed by atoms with Gasteiger partial charge in [0.2, 0.25) is 0 Å². The topological polar surface area (TPSA) is 114 Å². The largest absolute Gasteiger partial charge is 0.454 e. The van der Waals surface area contributed by atoms with Crippen LogP contribution in [0.3, 0.4) is 0 Å². The van der Waals surface area contributed by atoms with Gasteiger partial charge in [0.05, 0.1) is 18.8 Å². The maximum absolute atomic E-state index is 11.3. The second kappa shape index (κ2) is 7.94. The molecule has 0 radical (unpaired) electrons. The molecule has 1 fully saturated rings. The second-order valence-corrected chi connectivity index (χ2v) is 5.26. The lowest BCUT2D eigenvalue weighted by Gasteiger charge is -2.41. The molecule has 1 unspecified atom stereocenters. The van der Waals surface area contributed by atoms with E-state index in [9.17, 15) is 9.90 Å². The van der Waals surface area contributed by atoms with E-state index < -0.39 is 36.6 Å². The van der Waals surface area contributed by atoms with Crippen LogP contribution >= 0.6 is 0 Å². The fourth-order valence-corrected chi connectivity index (χ4v) is 2.50. The number of hydrogen-bond donors (Lipinski definition) is 1. The van der Waals surface area contributed by atoms with E-state index in [2.05, 4.69) is 10.0 Å². The molecule has 1 aliphatic heterocycles.